The van der Waals surface area contributed by atoms with Gasteiger partial charge in [0.05, 0.1) is 23.8 Å². The smallest absolute Gasteiger partial charge is 0.404 e. The maximum atomic E-state index is 15.1. The van der Waals surface area contributed by atoms with Crippen molar-refractivity contribution in [2.45, 2.75) is 46.7 Å². The van der Waals surface area contributed by atoms with Crippen LogP contribution in [0.2, 0.25) is 5.02 Å². The average molecular weight is 583 g/mol. The largest absolute Gasteiger partial charge is 0.465 e. The molecule has 4 rings (SSSR count). The van der Waals surface area contributed by atoms with Gasteiger partial charge in [0.2, 0.25) is 0 Å². The number of aromatic nitrogens is 4. The van der Waals surface area contributed by atoms with Gasteiger partial charge in [0, 0.05) is 13.1 Å². The molecule has 2 aromatic heterocycles. The number of hydrogen-bond acceptors (Lipinski definition) is 5. The Balaban J connectivity index is 1.92. The number of carbonyl (C=O) groups is 2. The van der Waals surface area contributed by atoms with E-state index < -0.39 is 29.5 Å². The highest BCUT2D eigenvalue weighted by Gasteiger charge is 2.34. The zero-order chi connectivity index (χ0) is 29.8. The summed E-state index contributed by atoms with van der Waals surface area (Å²) in [5.41, 5.74) is 1.43. The Morgan fingerprint density at radius 3 is 2.49 bits per heavy atom. The first-order valence-corrected chi connectivity index (χ1v) is 13.6. The molecule has 2 aromatic carbocycles. The molecule has 0 aliphatic rings. The zero-order valence-electron chi connectivity index (χ0n) is 23.3. The van der Waals surface area contributed by atoms with Crippen LogP contribution in [0, 0.1) is 25.6 Å². The molecular weight excluding hydrogens is 551 g/mol. The summed E-state index contributed by atoms with van der Waals surface area (Å²) < 4.78 is 17.7. The van der Waals surface area contributed by atoms with Gasteiger partial charge in [0.1, 0.15) is 16.7 Å². The molecule has 1 atom stereocenters. The van der Waals surface area contributed by atoms with Crippen molar-refractivity contribution < 1.29 is 19.1 Å². The topological polar surface area (TPSA) is 122 Å². The van der Waals surface area contributed by atoms with E-state index in [2.05, 4.69) is 10.4 Å². The monoisotopic (exact) mass is 582 g/mol. The van der Waals surface area contributed by atoms with Crippen molar-refractivity contribution in [2.75, 3.05) is 13.1 Å². The summed E-state index contributed by atoms with van der Waals surface area (Å²) in [4.78, 5) is 45.2. The van der Waals surface area contributed by atoms with E-state index in [1.54, 1.807) is 19.9 Å². The van der Waals surface area contributed by atoms with E-state index in [1.807, 2.05) is 44.2 Å². The molecule has 0 radical (unpaired) electrons. The Morgan fingerprint density at radius 1 is 1.15 bits per heavy atom. The van der Waals surface area contributed by atoms with Crippen LogP contribution in [0.4, 0.5) is 9.18 Å². The number of hydrogen-bond donors (Lipinski definition) is 2. The van der Waals surface area contributed by atoms with Gasteiger partial charge in [-0.05, 0) is 49.4 Å². The quantitative estimate of drug-likeness (QED) is 0.258. The average Bonchev–Trinajstić information content (AvgIpc) is 3.21. The first-order valence-electron chi connectivity index (χ1n) is 13.2. The van der Waals surface area contributed by atoms with E-state index in [0.29, 0.717) is 11.3 Å². The summed E-state index contributed by atoms with van der Waals surface area (Å²) in [5, 5.41) is 15.8. The SMILES string of the molecule is Cc1ccc(C(=O)N(CCCNC(=O)O)C(c2nc3c(Cl)c(C)nn3c(=O)n2Cc2ccccc2)C(C)C)c(F)c1. The van der Waals surface area contributed by atoms with Crippen molar-refractivity contribution in [1.29, 1.82) is 0 Å². The summed E-state index contributed by atoms with van der Waals surface area (Å²) in [6.07, 6.45) is -0.950. The molecule has 10 nitrogen and oxygen atoms in total. The number of halogens is 2. The van der Waals surface area contributed by atoms with Gasteiger partial charge >= 0.3 is 11.8 Å². The van der Waals surface area contributed by atoms with E-state index in [4.69, 9.17) is 21.7 Å². The van der Waals surface area contributed by atoms with Crippen LogP contribution < -0.4 is 11.0 Å². The lowest BCUT2D eigenvalue weighted by molar-refractivity contribution is 0.0595. The minimum atomic E-state index is -1.19. The van der Waals surface area contributed by atoms with E-state index in [-0.39, 0.29) is 54.0 Å². The van der Waals surface area contributed by atoms with Crippen molar-refractivity contribution in [3.63, 3.8) is 0 Å². The first kappa shape index (κ1) is 29.7. The van der Waals surface area contributed by atoms with Crippen molar-refractivity contribution in [1.82, 2.24) is 29.4 Å². The lowest BCUT2D eigenvalue weighted by Crippen LogP contribution is -2.44. The molecule has 41 heavy (non-hydrogen) atoms. The van der Waals surface area contributed by atoms with E-state index in [9.17, 15) is 14.4 Å². The van der Waals surface area contributed by atoms with Crippen LogP contribution in [-0.2, 0) is 6.54 Å². The van der Waals surface area contributed by atoms with Crippen molar-refractivity contribution >= 4 is 29.2 Å². The number of nitrogens with one attached hydrogen (secondary N) is 1. The third-order valence-corrected chi connectivity index (χ3v) is 7.20. The molecule has 0 bridgehead atoms. The summed E-state index contributed by atoms with van der Waals surface area (Å²) in [6, 6.07) is 12.9. The number of amides is 2. The Labute approximate surface area is 241 Å². The summed E-state index contributed by atoms with van der Waals surface area (Å²) in [6.45, 7) is 7.41. The molecule has 0 aliphatic carbocycles. The van der Waals surface area contributed by atoms with Crippen LogP contribution in [0.3, 0.4) is 0 Å². The van der Waals surface area contributed by atoms with Gasteiger partial charge in [0.15, 0.2) is 5.65 Å². The van der Waals surface area contributed by atoms with Gasteiger partial charge in [-0.2, -0.15) is 9.61 Å². The van der Waals surface area contributed by atoms with Crippen molar-refractivity contribution in [3.8, 4) is 0 Å². The molecule has 1 unspecified atom stereocenters. The predicted molar refractivity (Wildman–Crippen MR) is 153 cm³/mol. The fraction of sp³-hybridized carbons (Fsp3) is 0.345. The highest BCUT2D eigenvalue weighted by atomic mass is 35.5. The van der Waals surface area contributed by atoms with Crippen molar-refractivity contribution in [2.24, 2.45) is 5.92 Å². The molecule has 0 spiro atoms. The third-order valence-electron chi connectivity index (χ3n) is 6.76. The number of benzene rings is 2. The normalized spacial score (nSPS) is 12.1. The summed E-state index contributed by atoms with van der Waals surface area (Å²) >= 11 is 6.50. The highest BCUT2D eigenvalue weighted by Crippen LogP contribution is 2.31. The molecule has 216 valence electrons. The molecule has 12 heteroatoms. The third kappa shape index (κ3) is 6.40. The van der Waals surface area contributed by atoms with Gasteiger partial charge in [-0.25, -0.2) is 19.0 Å². The van der Waals surface area contributed by atoms with Crippen LogP contribution in [0.15, 0.2) is 53.3 Å². The fourth-order valence-corrected chi connectivity index (χ4v) is 4.96. The number of carbonyl (C=O) groups excluding carboxylic acids is 1. The summed E-state index contributed by atoms with van der Waals surface area (Å²) in [5.74, 6) is -1.31. The molecule has 2 heterocycles. The van der Waals surface area contributed by atoms with Crippen LogP contribution in [0.5, 0.6) is 0 Å². The molecule has 2 amide bonds. The molecule has 4 aromatic rings. The summed E-state index contributed by atoms with van der Waals surface area (Å²) in [7, 11) is 0. The van der Waals surface area contributed by atoms with Gasteiger partial charge in [-0.1, -0.05) is 61.8 Å². The van der Waals surface area contributed by atoms with E-state index in [1.165, 1.54) is 21.6 Å². The van der Waals surface area contributed by atoms with Gasteiger partial charge in [-0.3, -0.25) is 9.36 Å². The zero-order valence-corrected chi connectivity index (χ0v) is 24.0. The molecule has 0 saturated carbocycles. The number of aryl methyl sites for hydroxylation is 2. The van der Waals surface area contributed by atoms with Crippen molar-refractivity contribution in [3.05, 3.63) is 98.1 Å². The Hall–Kier alpha value is -4.25. The lowest BCUT2D eigenvalue weighted by atomic mass is 9.99. The first-order chi connectivity index (χ1) is 19.5. The molecule has 0 fully saturated rings. The molecule has 0 saturated heterocycles. The predicted octanol–water partition coefficient (Wildman–Crippen LogP) is 4.85. The Kier molecular flexibility index (Phi) is 9.07. The lowest BCUT2D eigenvalue weighted by Gasteiger charge is -2.35. The van der Waals surface area contributed by atoms with Gasteiger partial charge in [0.25, 0.3) is 5.91 Å². The fourth-order valence-electron chi connectivity index (χ4n) is 4.80. The molecular formula is C29H32ClFN6O4. The van der Waals surface area contributed by atoms with E-state index in [0.717, 1.165) is 10.1 Å². The maximum absolute atomic E-state index is 15.1. The van der Waals surface area contributed by atoms with Crippen LogP contribution >= 0.6 is 11.6 Å². The minimum absolute atomic E-state index is 0.0632. The van der Waals surface area contributed by atoms with E-state index >= 15 is 4.39 Å². The number of rotatable bonds is 10. The van der Waals surface area contributed by atoms with Crippen LogP contribution in [0.25, 0.3) is 5.65 Å². The van der Waals surface area contributed by atoms with Crippen LogP contribution in [-0.4, -0.2) is 54.3 Å². The molecule has 2 N–H and O–H groups in total. The Morgan fingerprint density at radius 2 is 1.85 bits per heavy atom. The van der Waals surface area contributed by atoms with Crippen LogP contribution in [0.1, 0.15) is 59.3 Å². The minimum Gasteiger partial charge on any atom is -0.465 e. The molecule has 0 aliphatic heterocycles. The maximum Gasteiger partial charge on any atom is 0.404 e. The second-order valence-corrected chi connectivity index (χ2v) is 10.6. The number of fused-ring (bicyclic) bond motifs is 1. The van der Waals surface area contributed by atoms with Gasteiger partial charge < -0.3 is 15.3 Å². The number of carboxylic acid groups (broad SMARTS) is 1. The van der Waals surface area contributed by atoms with Gasteiger partial charge in [-0.15, -0.1) is 0 Å². The Bertz CT molecular complexity index is 1640. The number of nitrogens with zero attached hydrogens (tertiary/aromatic N) is 5. The second-order valence-electron chi connectivity index (χ2n) is 10.2. The standard InChI is InChI=1S/C29H32ClFN6O4/c1-17(2)24(35(14-8-13-32-28(39)40)27(38)21-12-11-18(3)15-22(21)31)26-33-25-23(30)19(4)34-37(25)29(41)36(26)16-20-9-6-5-7-10-20/h5-7,9-12,15,17,24,32H,8,13-14,16H2,1-4H3,(H,39,40). The highest BCUT2D eigenvalue weighted by molar-refractivity contribution is 6.34. The second kappa shape index (κ2) is 12.5.